The lowest BCUT2D eigenvalue weighted by molar-refractivity contribution is -0.134. The van der Waals surface area contributed by atoms with Gasteiger partial charge >= 0.3 is 0 Å². The van der Waals surface area contributed by atoms with E-state index in [0.717, 1.165) is 12.2 Å². The maximum absolute atomic E-state index is 10.9. The molecule has 3 rings (SSSR count). The number of carbonyl (C=O) groups excluding carboxylic acids is 1. The van der Waals surface area contributed by atoms with Crippen LogP contribution in [0.5, 0.6) is 5.75 Å². The van der Waals surface area contributed by atoms with Gasteiger partial charge in [-0.3, -0.25) is 4.79 Å². The zero-order chi connectivity index (χ0) is 9.60. The molecule has 1 atom stereocenters. The standard InChI is InChI=1S/C11H11NO2/c13-10-6-11(12-10)5-8-3-1-2-4-9(8)14-7-11/h1-4H,5-7H2,(H,12,13). The molecule has 1 spiro atoms. The molecule has 1 amide bonds. The van der Waals surface area contributed by atoms with Crippen molar-refractivity contribution in [2.45, 2.75) is 18.4 Å². The summed E-state index contributed by atoms with van der Waals surface area (Å²) in [5.74, 6) is 1.09. The maximum atomic E-state index is 10.9. The number of carbonyl (C=O) groups is 1. The summed E-state index contributed by atoms with van der Waals surface area (Å²) >= 11 is 0. The highest BCUT2D eigenvalue weighted by molar-refractivity contribution is 5.85. The molecule has 1 fully saturated rings. The van der Waals surface area contributed by atoms with Crippen molar-refractivity contribution < 1.29 is 9.53 Å². The van der Waals surface area contributed by atoms with Crippen molar-refractivity contribution in [3.05, 3.63) is 29.8 Å². The van der Waals surface area contributed by atoms with Gasteiger partial charge < -0.3 is 10.1 Å². The number of benzene rings is 1. The smallest absolute Gasteiger partial charge is 0.223 e. The summed E-state index contributed by atoms with van der Waals surface area (Å²) in [5, 5.41) is 2.94. The lowest BCUT2D eigenvalue weighted by Gasteiger charge is -2.44. The SMILES string of the molecule is O=C1CC2(COc3ccccc3C2)N1. The number of hydrogen-bond acceptors (Lipinski definition) is 2. The van der Waals surface area contributed by atoms with Gasteiger partial charge in [-0.05, 0) is 11.6 Å². The van der Waals surface area contributed by atoms with E-state index < -0.39 is 0 Å². The van der Waals surface area contributed by atoms with Crippen LogP contribution in [0.4, 0.5) is 0 Å². The molecule has 0 saturated carbocycles. The van der Waals surface area contributed by atoms with Gasteiger partial charge in [0, 0.05) is 6.42 Å². The van der Waals surface area contributed by atoms with Crippen LogP contribution in [0.15, 0.2) is 24.3 Å². The fourth-order valence-electron chi connectivity index (χ4n) is 2.20. The molecule has 0 radical (unpaired) electrons. The van der Waals surface area contributed by atoms with E-state index in [1.165, 1.54) is 5.56 Å². The number of ether oxygens (including phenoxy) is 1. The van der Waals surface area contributed by atoms with Crippen LogP contribution in [0.1, 0.15) is 12.0 Å². The number of amides is 1. The first kappa shape index (κ1) is 7.85. The highest BCUT2D eigenvalue weighted by atomic mass is 16.5. The van der Waals surface area contributed by atoms with E-state index in [-0.39, 0.29) is 11.4 Å². The third-order valence-corrected chi connectivity index (χ3v) is 2.91. The summed E-state index contributed by atoms with van der Waals surface area (Å²) in [4.78, 5) is 10.9. The normalized spacial score (nSPS) is 28.7. The van der Waals surface area contributed by atoms with Gasteiger partial charge in [0.15, 0.2) is 0 Å². The molecule has 0 aliphatic carbocycles. The van der Waals surface area contributed by atoms with Gasteiger partial charge in [-0.15, -0.1) is 0 Å². The van der Waals surface area contributed by atoms with Crippen molar-refractivity contribution in [2.75, 3.05) is 6.61 Å². The van der Waals surface area contributed by atoms with E-state index in [1.807, 2.05) is 18.2 Å². The molecule has 3 heteroatoms. The Morgan fingerprint density at radius 1 is 1.29 bits per heavy atom. The summed E-state index contributed by atoms with van der Waals surface area (Å²) in [6.45, 7) is 0.607. The Bertz CT molecular complexity index is 392. The molecule has 1 unspecified atom stereocenters. The zero-order valence-electron chi connectivity index (χ0n) is 7.75. The van der Waals surface area contributed by atoms with Crippen LogP contribution >= 0.6 is 0 Å². The van der Waals surface area contributed by atoms with E-state index >= 15 is 0 Å². The second-order valence-electron chi connectivity index (χ2n) is 4.08. The Hall–Kier alpha value is -1.51. The largest absolute Gasteiger partial charge is 0.491 e. The van der Waals surface area contributed by atoms with E-state index in [0.29, 0.717) is 13.0 Å². The number of fused-ring (bicyclic) bond motifs is 1. The van der Waals surface area contributed by atoms with Crippen LogP contribution in [0.3, 0.4) is 0 Å². The van der Waals surface area contributed by atoms with Gasteiger partial charge in [-0.25, -0.2) is 0 Å². The molecule has 1 aromatic carbocycles. The summed E-state index contributed by atoms with van der Waals surface area (Å²) < 4.78 is 5.61. The number of rotatable bonds is 0. The van der Waals surface area contributed by atoms with Gasteiger partial charge in [0.1, 0.15) is 12.4 Å². The van der Waals surface area contributed by atoms with Crippen LogP contribution in [0.2, 0.25) is 0 Å². The average Bonchev–Trinajstić information content (AvgIpc) is 2.16. The van der Waals surface area contributed by atoms with Crippen molar-refractivity contribution in [2.24, 2.45) is 0 Å². The molecule has 72 valence electrons. The quantitative estimate of drug-likeness (QED) is 0.615. The minimum atomic E-state index is -0.106. The topological polar surface area (TPSA) is 38.3 Å². The Kier molecular flexibility index (Phi) is 1.40. The summed E-state index contributed by atoms with van der Waals surface area (Å²) in [7, 11) is 0. The van der Waals surface area contributed by atoms with Crippen LogP contribution < -0.4 is 10.1 Å². The molecule has 2 aliphatic rings. The van der Waals surface area contributed by atoms with Crippen LogP contribution in [-0.2, 0) is 11.2 Å². The first-order chi connectivity index (χ1) is 6.77. The fourth-order valence-corrected chi connectivity index (χ4v) is 2.20. The van der Waals surface area contributed by atoms with Gasteiger partial charge in [-0.2, -0.15) is 0 Å². The van der Waals surface area contributed by atoms with E-state index in [4.69, 9.17) is 4.74 Å². The highest BCUT2D eigenvalue weighted by Crippen LogP contribution is 2.34. The number of para-hydroxylation sites is 1. The molecule has 1 saturated heterocycles. The van der Waals surface area contributed by atoms with Gasteiger partial charge in [-0.1, -0.05) is 18.2 Å². The van der Waals surface area contributed by atoms with Crippen LogP contribution in [-0.4, -0.2) is 18.1 Å². The molecular formula is C11H11NO2. The number of nitrogens with one attached hydrogen (secondary N) is 1. The predicted octanol–water partition coefficient (Wildman–Crippen LogP) is 0.880. The molecule has 2 aliphatic heterocycles. The molecule has 1 aromatic rings. The minimum Gasteiger partial charge on any atom is -0.491 e. The molecule has 0 bridgehead atoms. The molecule has 0 aromatic heterocycles. The lowest BCUT2D eigenvalue weighted by atomic mass is 9.80. The van der Waals surface area contributed by atoms with Crippen molar-refractivity contribution in [3.63, 3.8) is 0 Å². The Labute approximate surface area is 82.1 Å². The lowest BCUT2D eigenvalue weighted by Crippen LogP contribution is -2.66. The van der Waals surface area contributed by atoms with E-state index in [9.17, 15) is 4.79 Å². The van der Waals surface area contributed by atoms with Crippen molar-refractivity contribution in [3.8, 4) is 5.75 Å². The number of β-lactam (4-membered cyclic amide) rings is 1. The highest BCUT2D eigenvalue weighted by Gasteiger charge is 2.46. The summed E-state index contributed by atoms with van der Waals surface area (Å²) in [5.41, 5.74) is 1.09. The molecule has 3 nitrogen and oxygen atoms in total. The van der Waals surface area contributed by atoms with Gasteiger partial charge in [0.2, 0.25) is 5.91 Å². The molecule has 14 heavy (non-hydrogen) atoms. The second kappa shape index (κ2) is 2.50. The van der Waals surface area contributed by atoms with Crippen LogP contribution in [0, 0.1) is 0 Å². The minimum absolute atomic E-state index is 0.106. The molecule has 2 heterocycles. The van der Waals surface area contributed by atoms with Crippen molar-refractivity contribution >= 4 is 5.91 Å². The summed E-state index contributed by atoms with van der Waals surface area (Å²) in [6, 6.07) is 8.00. The number of hydrogen-bond donors (Lipinski definition) is 1. The summed E-state index contributed by atoms with van der Waals surface area (Å²) in [6.07, 6.45) is 1.50. The first-order valence-corrected chi connectivity index (χ1v) is 4.79. The van der Waals surface area contributed by atoms with Crippen LogP contribution in [0.25, 0.3) is 0 Å². The first-order valence-electron chi connectivity index (χ1n) is 4.79. The fraction of sp³-hybridized carbons (Fsp3) is 0.364. The van der Waals surface area contributed by atoms with Crippen molar-refractivity contribution in [1.29, 1.82) is 0 Å². The second-order valence-corrected chi connectivity index (χ2v) is 4.08. The Morgan fingerprint density at radius 3 is 2.86 bits per heavy atom. The third-order valence-electron chi connectivity index (χ3n) is 2.91. The Balaban J connectivity index is 1.90. The third kappa shape index (κ3) is 1.02. The zero-order valence-corrected chi connectivity index (χ0v) is 7.75. The predicted molar refractivity (Wildman–Crippen MR) is 51.1 cm³/mol. The van der Waals surface area contributed by atoms with E-state index in [1.54, 1.807) is 0 Å². The van der Waals surface area contributed by atoms with Gasteiger partial charge in [0.25, 0.3) is 0 Å². The molecular weight excluding hydrogens is 178 g/mol. The van der Waals surface area contributed by atoms with Gasteiger partial charge in [0.05, 0.1) is 12.0 Å². The molecule has 1 N–H and O–H groups in total. The Morgan fingerprint density at radius 2 is 2.07 bits per heavy atom. The van der Waals surface area contributed by atoms with E-state index in [2.05, 4.69) is 11.4 Å². The maximum Gasteiger partial charge on any atom is 0.223 e. The van der Waals surface area contributed by atoms with Crippen molar-refractivity contribution in [1.82, 2.24) is 5.32 Å². The monoisotopic (exact) mass is 189 g/mol. The average molecular weight is 189 g/mol.